The van der Waals surface area contributed by atoms with Gasteiger partial charge >= 0.3 is 6.03 Å². The zero-order chi connectivity index (χ0) is 28.0. The quantitative estimate of drug-likeness (QED) is 0.348. The number of para-hydroxylation sites is 1. The van der Waals surface area contributed by atoms with Crippen LogP contribution in [-0.2, 0) is 22.6 Å². The van der Waals surface area contributed by atoms with Gasteiger partial charge in [-0.25, -0.2) is 14.8 Å². The second-order valence-electron chi connectivity index (χ2n) is 9.74. The van der Waals surface area contributed by atoms with E-state index in [-0.39, 0.29) is 38.0 Å². The van der Waals surface area contributed by atoms with Crippen LogP contribution < -0.4 is 11.1 Å². The number of hydrogen-bond acceptors (Lipinski definition) is 8. The van der Waals surface area contributed by atoms with Crippen molar-refractivity contribution in [3.8, 4) is 12.3 Å². The van der Waals surface area contributed by atoms with Crippen LogP contribution in [0.15, 0.2) is 53.1 Å². The fourth-order valence-corrected chi connectivity index (χ4v) is 6.39. The summed E-state index contributed by atoms with van der Waals surface area (Å²) in [5, 5.41) is 6.98. The van der Waals surface area contributed by atoms with E-state index >= 15 is 0 Å². The number of carbonyl (C=O) groups excluding carboxylic acids is 3. The fraction of sp³-hybridized carbons (Fsp3) is 0.286. The third-order valence-corrected chi connectivity index (χ3v) is 8.24. The molecular weight excluding hydrogens is 530 g/mol. The highest BCUT2D eigenvalue weighted by molar-refractivity contribution is 7.22. The zero-order valence-electron chi connectivity index (χ0n) is 21.7. The van der Waals surface area contributed by atoms with Crippen molar-refractivity contribution in [2.45, 2.75) is 25.2 Å². The van der Waals surface area contributed by atoms with E-state index in [1.807, 2.05) is 42.5 Å². The zero-order valence-corrected chi connectivity index (χ0v) is 22.6. The third-order valence-electron chi connectivity index (χ3n) is 7.39. The van der Waals surface area contributed by atoms with Crippen LogP contribution in [-0.4, -0.2) is 81.5 Å². The van der Waals surface area contributed by atoms with Gasteiger partial charge in [-0.3, -0.25) is 9.59 Å². The van der Waals surface area contributed by atoms with Crippen LogP contribution in [0.1, 0.15) is 11.1 Å². The van der Waals surface area contributed by atoms with Crippen LogP contribution in [0.3, 0.4) is 0 Å². The molecule has 204 valence electrons. The molecule has 4 aromatic rings. The first kappa shape index (κ1) is 25.7. The van der Waals surface area contributed by atoms with Gasteiger partial charge in [0.1, 0.15) is 17.8 Å². The number of nitrogens with one attached hydrogen (secondary N) is 1. The Bertz CT molecular complexity index is 1670. The van der Waals surface area contributed by atoms with Crippen LogP contribution in [0.2, 0.25) is 0 Å². The van der Waals surface area contributed by atoms with Crippen molar-refractivity contribution in [3.63, 3.8) is 0 Å². The highest BCUT2D eigenvalue weighted by Crippen LogP contribution is 2.32. The van der Waals surface area contributed by atoms with E-state index in [1.54, 1.807) is 21.1 Å². The Morgan fingerprint density at radius 1 is 1.30 bits per heavy atom. The molecule has 2 atom stereocenters. The van der Waals surface area contributed by atoms with Gasteiger partial charge in [0.25, 0.3) is 0 Å². The average Bonchev–Trinajstić information content (AvgIpc) is 3.65. The minimum atomic E-state index is -0.780. The van der Waals surface area contributed by atoms with Gasteiger partial charge in [-0.1, -0.05) is 35.5 Å². The Hall–Kier alpha value is -4.60. The topological polar surface area (TPSA) is 128 Å². The number of nitrogens with zero attached hydrogens (tertiary/aromatic N) is 5. The van der Waals surface area contributed by atoms with Crippen LogP contribution >= 0.6 is 11.3 Å². The maximum Gasteiger partial charge on any atom is 0.332 e. The van der Waals surface area contributed by atoms with E-state index in [0.717, 1.165) is 32.3 Å². The van der Waals surface area contributed by atoms with Crippen LogP contribution in [0.5, 0.6) is 0 Å². The molecule has 0 radical (unpaired) electrons. The molecule has 0 aliphatic carbocycles. The summed E-state index contributed by atoms with van der Waals surface area (Å²) in [4.78, 5) is 48.1. The van der Waals surface area contributed by atoms with Gasteiger partial charge in [0, 0.05) is 25.4 Å². The van der Waals surface area contributed by atoms with Gasteiger partial charge in [-0.2, -0.15) is 5.01 Å². The Balaban J connectivity index is 1.38. The van der Waals surface area contributed by atoms with Crippen molar-refractivity contribution in [3.05, 3.63) is 59.9 Å². The minimum Gasteiger partial charge on any atom is -0.464 e. The number of nitrogens with two attached hydrogens (primary N) is 1. The predicted molar refractivity (Wildman–Crippen MR) is 150 cm³/mol. The Morgan fingerprint density at radius 3 is 2.95 bits per heavy atom. The molecule has 0 bridgehead atoms. The number of nitrogen functional groups attached to an aromatic ring is 1. The molecule has 12 heteroatoms. The van der Waals surface area contributed by atoms with Gasteiger partial charge < -0.3 is 25.3 Å². The van der Waals surface area contributed by atoms with E-state index in [1.165, 1.54) is 23.4 Å². The van der Waals surface area contributed by atoms with E-state index in [4.69, 9.17) is 16.6 Å². The van der Waals surface area contributed by atoms with Crippen molar-refractivity contribution in [2.24, 2.45) is 0 Å². The summed E-state index contributed by atoms with van der Waals surface area (Å²) in [6.45, 7) is 0.370. The predicted octanol–water partition coefficient (Wildman–Crippen LogP) is 2.24. The number of hydrazine groups is 1. The molecule has 6 rings (SSSR count). The molecule has 4 heterocycles. The molecule has 2 fully saturated rings. The maximum atomic E-state index is 14.1. The summed E-state index contributed by atoms with van der Waals surface area (Å²) in [6.07, 6.45) is 6.91. The van der Waals surface area contributed by atoms with E-state index in [2.05, 4.69) is 16.2 Å². The number of fused-ring (bicyclic) bond motifs is 3. The van der Waals surface area contributed by atoms with Crippen molar-refractivity contribution in [1.29, 1.82) is 0 Å². The number of thiazole rings is 1. The first-order chi connectivity index (χ1) is 19.4. The first-order valence-electron chi connectivity index (χ1n) is 12.8. The van der Waals surface area contributed by atoms with E-state index in [0.29, 0.717) is 11.6 Å². The summed E-state index contributed by atoms with van der Waals surface area (Å²) in [5.41, 5.74) is 9.21. The molecule has 2 aromatic carbocycles. The molecule has 0 saturated carbocycles. The summed E-state index contributed by atoms with van der Waals surface area (Å²) in [7, 11) is 1.51. The van der Waals surface area contributed by atoms with Gasteiger partial charge in [0.2, 0.25) is 11.8 Å². The molecule has 40 heavy (non-hydrogen) atoms. The number of anilines is 1. The number of benzene rings is 2. The molecule has 4 amide bonds. The number of aromatic nitrogens is 1. The Labute approximate surface area is 234 Å². The number of hydrogen-bond donors (Lipinski definition) is 2. The summed E-state index contributed by atoms with van der Waals surface area (Å²) < 4.78 is 6.40. The largest absolute Gasteiger partial charge is 0.464 e. The standard InChI is InChI=1S/C28H27N7O4S/c1-3-10-33(28(38)30-2)34-16-24(36)35-20(13-17-7-8-21-18(12-17)9-11-39-21)26(37)32(15-23(34)35)14-19-5-4-6-22-25(19)31-27(29)40-22/h1,4-9,11-12,20,23H,10,13-16H2,2H3,(H2,29,31)(H,30,38)/t20-,23+/m0/s1. The van der Waals surface area contributed by atoms with E-state index < -0.39 is 18.2 Å². The molecule has 0 unspecified atom stereocenters. The minimum absolute atomic E-state index is 0.0233. The van der Waals surface area contributed by atoms with Gasteiger partial charge in [0.05, 0.1) is 36.1 Å². The number of piperazine rings is 1. The van der Waals surface area contributed by atoms with Gasteiger partial charge in [-0.15, -0.1) is 6.42 Å². The summed E-state index contributed by atoms with van der Waals surface area (Å²) in [6, 6.07) is 12.2. The monoisotopic (exact) mass is 557 g/mol. The Kier molecular flexibility index (Phi) is 6.53. The smallest absolute Gasteiger partial charge is 0.332 e. The first-order valence-corrected chi connectivity index (χ1v) is 13.6. The Morgan fingerprint density at radius 2 is 2.15 bits per heavy atom. The second kappa shape index (κ2) is 10.2. The van der Waals surface area contributed by atoms with Gasteiger partial charge in [-0.05, 0) is 35.4 Å². The molecule has 11 nitrogen and oxygen atoms in total. The third kappa shape index (κ3) is 4.39. The summed E-state index contributed by atoms with van der Waals surface area (Å²) in [5.74, 6) is 2.08. The lowest BCUT2D eigenvalue weighted by molar-refractivity contribution is -0.157. The lowest BCUT2D eigenvalue weighted by atomic mass is 9.99. The van der Waals surface area contributed by atoms with Crippen LogP contribution in [0.25, 0.3) is 21.2 Å². The van der Waals surface area contributed by atoms with Gasteiger partial charge in [0.15, 0.2) is 5.13 Å². The number of terminal acetylenes is 1. The highest BCUT2D eigenvalue weighted by atomic mass is 32.1. The van der Waals surface area contributed by atoms with E-state index in [9.17, 15) is 14.4 Å². The molecular formula is C28H27N7O4S. The lowest BCUT2D eigenvalue weighted by Crippen LogP contribution is -2.66. The van der Waals surface area contributed by atoms with Crippen molar-refractivity contribution in [2.75, 3.05) is 32.4 Å². The molecule has 3 N–H and O–H groups in total. The average molecular weight is 558 g/mol. The highest BCUT2D eigenvalue weighted by Gasteiger charge is 2.52. The fourth-order valence-electron chi connectivity index (χ4n) is 5.61. The number of furan rings is 1. The molecule has 0 spiro atoms. The SMILES string of the molecule is C#CCN(C(=O)NC)N1CC(=O)N2[C@@H](Cc3ccc4occc4c3)C(=O)N(Cc3cccc4sc(N)nc34)C[C@@H]21. The van der Waals surface area contributed by atoms with Crippen LogP contribution in [0.4, 0.5) is 9.93 Å². The normalized spacial score (nSPS) is 19.3. The molecule has 2 aromatic heterocycles. The summed E-state index contributed by atoms with van der Waals surface area (Å²) >= 11 is 1.39. The second-order valence-corrected chi connectivity index (χ2v) is 10.8. The number of rotatable bonds is 6. The number of amides is 4. The number of carbonyl (C=O) groups is 3. The van der Waals surface area contributed by atoms with Crippen molar-refractivity contribution >= 4 is 55.5 Å². The lowest BCUT2D eigenvalue weighted by Gasteiger charge is -2.46. The molecule has 2 aliphatic heterocycles. The van der Waals surface area contributed by atoms with Crippen molar-refractivity contribution < 1.29 is 18.8 Å². The van der Waals surface area contributed by atoms with Crippen molar-refractivity contribution in [1.82, 2.24) is 30.1 Å². The maximum absolute atomic E-state index is 14.1. The molecule has 2 saturated heterocycles. The number of urea groups is 1. The molecule has 2 aliphatic rings. The van der Waals surface area contributed by atoms with Crippen LogP contribution in [0, 0.1) is 12.3 Å².